The summed E-state index contributed by atoms with van der Waals surface area (Å²) in [6.45, 7) is 12.4. The Hall–Kier alpha value is -1.40. The van der Waals surface area contributed by atoms with E-state index in [9.17, 15) is 9.59 Å². The molecule has 0 aromatic rings. The number of rotatable bonds is 27. The molecule has 6 nitrogen and oxygen atoms in total. The van der Waals surface area contributed by atoms with Crippen LogP contribution in [-0.2, 0) is 9.59 Å². The average Bonchev–Trinajstić information content (AvgIpc) is 3.15. The lowest BCUT2D eigenvalue weighted by molar-refractivity contribution is -0.133. The van der Waals surface area contributed by atoms with Crippen molar-refractivity contribution in [1.82, 2.24) is 19.6 Å². The van der Waals surface area contributed by atoms with Crippen molar-refractivity contribution in [3.8, 4) is 0 Å². The van der Waals surface area contributed by atoms with Crippen LogP contribution in [0.1, 0.15) is 181 Å². The van der Waals surface area contributed by atoms with Crippen LogP contribution in [0.2, 0.25) is 0 Å². The van der Waals surface area contributed by atoms with Crippen LogP contribution in [0.4, 0.5) is 0 Å². The molecule has 302 valence electrons. The van der Waals surface area contributed by atoms with Crippen molar-refractivity contribution < 1.29 is 9.59 Å². The molecule has 1 saturated carbocycles. The number of allylic oxidation sites excluding steroid dienone is 2. The summed E-state index contributed by atoms with van der Waals surface area (Å²) < 4.78 is 0. The molecule has 4 atom stereocenters. The molecule has 0 aromatic carbocycles. The minimum Gasteiger partial charge on any atom is -0.340 e. The van der Waals surface area contributed by atoms with Gasteiger partial charge in [-0.1, -0.05) is 129 Å². The van der Waals surface area contributed by atoms with E-state index in [4.69, 9.17) is 0 Å². The Bertz CT molecular complexity index is 939. The number of piperazine rings is 2. The third-order valence-corrected chi connectivity index (χ3v) is 13.3. The van der Waals surface area contributed by atoms with Gasteiger partial charge < -0.3 is 19.6 Å². The third-order valence-electron chi connectivity index (χ3n) is 13.3. The van der Waals surface area contributed by atoms with Crippen LogP contribution < -0.4 is 0 Å². The monoisotopic (exact) mass is 727 g/mol. The van der Waals surface area contributed by atoms with E-state index in [-0.39, 0.29) is 0 Å². The highest BCUT2D eigenvalue weighted by Crippen LogP contribution is 2.47. The predicted molar refractivity (Wildman–Crippen MR) is 223 cm³/mol. The van der Waals surface area contributed by atoms with Gasteiger partial charge in [0.15, 0.2) is 0 Å². The second-order valence-electron chi connectivity index (χ2n) is 17.5. The molecule has 0 bridgehead atoms. The van der Waals surface area contributed by atoms with Gasteiger partial charge in [-0.05, 0) is 89.1 Å². The molecule has 6 heteroatoms. The maximum Gasteiger partial charge on any atom is 0.222 e. The molecular weight excluding hydrogens is 641 g/mol. The second kappa shape index (κ2) is 28.1. The lowest BCUT2D eigenvalue weighted by atomic mass is 9.61. The molecule has 0 N–H and O–H groups in total. The molecule has 1 aliphatic carbocycles. The smallest absolute Gasteiger partial charge is 0.222 e. The molecule has 2 amide bonds. The quantitative estimate of drug-likeness (QED) is 0.0625. The average molecular weight is 727 g/mol. The van der Waals surface area contributed by atoms with Gasteiger partial charge in [0, 0.05) is 65.2 Å². The number of unbranched alkanes of at least 4 members (excludes halogenated alkanes) is 14. The van der Waals surface area contributed by atoms with E-state index < -0.39 is 0 Å². The molecule has 0 aromatic heterocycles. The fourth-order valence-electron chi connectivity index (χ4n) is 9.63. The molecule has 2 saturated heterocycles. The lowest BCUT2D eigenvalue weighted by Crippen LogP contribution is -2.47. The highest BCUT2D eigenvalue weighted by Gasteiger charge is 2.37. The van der Waals surface area contributed by atoms with Gasteiger partial charge in [-0.25, -0.2) is 0 Å². The predicted octanol–water partition coefficient (Wildman–Crippen LogP) is 10.8. The molecule has 52 heavy (non-hydrogen) atoms. The summed E-state index contributed by atoms with van der Waals surface area (Å²) in [4.78, 5) is 34.0. The Kier molecular flexibility index (Phi) is 24.3. The van der Waals surface area contributed by atoms with E-state index >= 15 is 0 Å². The zero-order valence-electron chi connectivity index (χ0n) is 35.1. The number of hydrogen-bond donors (Lipinski definition) is 0. The summed E-state index contributed by atoms with van der Waals surface area (Å²) in [5.41, 5.74) is 0. The normalized spacial score (nSPS) is 23.5. The van der Waals surface area contributed by atoms with Crippen LogP contribution in [0, 0.1) is 23.7 Å². The summed E-state index contributed by atoms with van der Waals surface area (Å²) in [5.74, 6) is 4.40. The van der Waals surface area contributed by atoms with Gasteiger partial charge >= 0.3 is 0 Å². The first-order valence-corrected chi connectivity index (χ1v) is 23.0. The molecule has 2 heterocycles. The summed E-state index contributed by atoms with van der Waals surface area (Å²) >= 11 is 0. The van der Waals surface area contributed by atoms with Gasteiger partial charge in [-0.2, -0.15) is 0 Å². The number of hydrogen-bond acceptors (Lipinski definition) is 4. The standard InChI is InChI=1S/C46H86N4O2/c1-5-7-9-20-25-41-31-32-42(26-21-15-14-18-24-30-46(52)50-39-35-48(4)36-40-50)44(43(41)27-19-8-6-2)28-22-16-12-10-11-13-17-23-29-45(51)49-37-33-47(3)34-38-49/h16,22,41-44H,5-15,17-21,23-40H2,1-4H3/b22-16-/t41-,42-,43+,44-/m0/s1. The van der Waals surface area contributed by atoms with Crippen LogP contribution in [-0.4, -0.2) is 97.9 Å². The number of carbonyl (C=O) groups is 2. The van der Waals surface area contributed by atoms with Gasteiger partial charge in [-0.15, -0.1) is 0 Å². The van der Waals surface area contributed by atoms with E-state index in [1.807, 2.05) is 0 Å². The minimum absolute atomic E-state index is 0.373. The first-order chi connectivity index (χ1) is 25.4. The maximum atomic E-state index is 12.6. The minimum atomic E-state index is 0.373. The number of likely N-dealkylation sites (N-methyl/N-ethyl adjacent to an activating group) is 2. The molecular formula is C46H86N4O2. The van der Waals surface area contributed by atoms with E-state index in [1.54, 1.807) is 0 Å². The summed E-state index contributed by atoms with van der Waals surface area (Å²) in [6, 6.07) is 0. The van der Waals surface area contributed by atoms with E-state index in [1.165, 1.54) is 141 Å². The lowest BCUT2D eigenvalue weighted by Gasteiger charge is -2.44. The zero-order chi connectivity index (χ0) is 37.2. The van der Waals surface area contributed by atoms with Gasteiger partial charge in [0.05, 0.1) is 0 Å². The Morgan fingerprint density at radius 1 is 0.481 bits per heavy atom. The van der Waals surface area contributed by atoms with Crippen LogP contribution in [0.5, 0.6) is 0 Å². The van der Waals surface area contributed by atoms with Gasteiger partial charge in [0.2, 0.25) is 11.8 Å². The van der Waals surface area contributed by atoms with Gasteiger partial charge in [-0.3, -0.25) is 9.59 Å². The number of amides is 2. The molecule has 0 spiro atoms. The summed E-state index contributed by atoms with van der Waals surface area (Å²) in [5, 5.41) is 0. The van der Waals surface area contributed by atoms with Crippen LogP contribution in [0.15, 0.2) is 12.2 Å². The zero-order valence-corrected chi connectivity index (χ0v) is 35.1. The van der Waals surface area contributed by atoms with E-state index in [0.29, 0.717) is 11.8 Å². The highest BCUT2D eigenvalue weighted by atomic mass is 16.2. The number of carbonyl (C=O) groups excluding carboxylic acids is 2. The van der Waals surface area contributed by atoms with E-state index in [2.05, 4.69) is 59.7 Å². The van der Waals surface area contributed by atoms with Crippen molar-refractivity contribution in [3.05, 3.63) is 12.2 Å². The van der Waals surface area contributed by atoms with Crippen molar-refractivity contribution in [2.75, 3.05) is 66.5 Å². The Morgan fingerprint density at radius 3 is 1.44 bits per heavy atom. The largest absolute Gasteiger partial charge is 0.340 e. The topological polar surface area (TPSA) is 47.1 Å². The molecule has 0 unspecified atom stereocenters. The second-order valence-corrected chi connectivity index (χ2v) is 17.5. The van der Waals surface area contributed by atoms with E-state index in [0.717, 1.165) is 102 Å². The fraction of sp³-hybridized carbons (Fsp3) is 0.913. The maximum absolute atomic E-state index is 12.6. The molecule has 0 radical (unpaired) electrons. The Morgan fingerprint density at radius 2 is 0.904 bits per heavy atom. The first kappa shape index (κ1) is 45.0. The fourth-order valence-corrected chi connectivity index (χ4v) is 9.63. The van der Waals surface area contributed by atoms with Crippen molar-refractivity contribution in [3.63, 3.8) is 0 Å². The van der Waals surface area contributed by atoms with Crippen molar-refractivity contribution >= 4 is 11.8 Å². The Labute approximate surface area is 323 Å². The Balaban J connectivity index is 1.39. The van der Waals surface area contributed by atoms with Crippen molar-refractivity contribution in [2.45, 2.75) is 181 Å². The van der Waals surface area contributed by atoms with Crippen molar-refractivity contribution in [1.29, 1.82) is 0 Å². The van der Waals surface area contributed by atoms with Crippen LogP contribution in [0.3, 0.4) is 0 Å². The number of nitrogens with zero attached hydrogens (tertiary/aromatic N) is 4. The molecule has 3 rings (SSSR count). The molecule has 2 aliphatic heterocycles. The first-order valence-electron chi connectivity index (χ1n) is 23.0. The molecule has 3 aliphatic rings. The van der Waals surface area contributed by atoms with Crippen LogP contribution >= 0.6 is 0 Å². The van der Waals surface area contributed by atoms with Crippen LogP contribution in [0.25, 0.3) is 0 Å². The van der Waals surface area contributed by atoms with Gasteiger partial charge in [0.1, 0.15) is 0 Å². The van der Waals surface area contributed by atoms with Gasteiger partial charge in [0.25, 0.3) is 0 Å². The van der Waals surface area contributed by atoms with Crippen molar-refractivity contribution in [2.24, 2.45) is 23.7 Å². The highest BCUT2D eigenvalue weighted by molar-refractivity contribution is 5.76. The summed E-state index contributed by atoms with van der Waals surface area (Å²) in [6.07, 6.45) is 38.6. The summed E-state index contributed by atoms with van der Waals surface area (Å²) in [7, 11) is 4.30. The molecule has 3 fully saturated rings. The SMILES string of the molecule is CCCCCC[C@H]1CC[C@H](CCCCCCCC(=O)N2CCN(C)CC2)[C@H](C/C=C\CCCCCCCC(=O)N2CCN(C)CC2)[C@@H]1CCCCC. The third kappa shape index (κ3) is 18.3.